The van der Waals surface area contributed by atoms with Crippen LogP contribution in [0, 0.1) is 6.92 Å². The van der Waals surface area contributed by atoms with Gasteiger partial charge in [-0.2, -0.15) is 0 Å². The van der Waals surface area contributed by atoms with Gasteiger partial charge in [0.1, 0.15) is 51.1 Å². The average molecular weight is 923 g/mol. The number of ether oxygens (including phenoxy) is 11. The molecule has 0 aromatic heterocycles. The zero-order valence-electron chi connectivity index (χ0n) is 38.8. The Morgan fingerprint density at radius 1 is 0.388 bits per heavy atom. The second-order valence-electron chi connectivity index (χ2n) is 14.8. The Labute approximate surface area is 391 Å². The number of aryl methyl sites for hydroxylation is 1. The Balaban J connectivity index is 1.37. The molecule has 15 heteroatoms. The van der Waals surface area contributed by atoms with Crippen LogP contribution >= 0.6 is 0 Å². The summed E-state index contributed by atoms with van der Waals surface area (Å²) >= 11 is 0. The van der Waals surface area contributed by atoms with Crippen molar-refractivity contribution in [1.29, 1.82) is 0 Å². The molecule has 0 fully saturated rings. The van der Waals surface area contributed by atoms with Crippen molar-refractivity contribution in [3.05, 3.63) is 114 Å². The predicted molar refractivity (Wildman–Crippen MR) is 249 cm³/mol. The standard InChI is InChI=1S/C52H58O15/c1-35-7-9-39(10-8-35)45-17-15-42(31-47(45)57-5)43-16-18-46(48(32-43)58-6)40-11-13-41(14-12-40)51(56)44-33-49(65-28-22-59-19-25-62-36(2)53)52(67-30-24-61-21-27-64-38(4)55)50(34-44)66-29-23-60-20-26-63-37(3)54/h7-18,31-34H,19-30H2,1-6H3. The van der Waals surface area contributed by atoms with Crippen LogP contribution in [0.1, 0.15) is 42.3 Å². The van der Waals surface area contributed by atoms with E-state index in [0.717, 1.165) is 39.1 Å². The lowest BCUT2D eigenvalue weighted by atomic mass is 9.95. The van der Waals surface area contributed by atoms with Crippen LogP contribution in [-0.4, -0.2) is 117 Å². The predicted octanol–water partition coefficient (Wildman–Crippen LogP) is 8.12. The minimum absolute atomic E-state index is 0.0489. The van der Waals surface area contributed by atoms with E-state index in [1.54, 1.807) is 38.5 Å². The molecular formula is C52H58O15. The van der Waals surface area contributed by atoms with E-state index in [4.69, 9.17) is 52.1 Å². The molecule has 5 aromatic rings. The minimum atomic E-state index is -0.414. The molecule has 15 nitrogen and oxygen atoms in total. The molecule has 5 aromatic carbocycles. The normalized spacial score (nSPS) is 10.8. The van der Waals surface area contributed by atoms with Gasteiger partial charge in [-0.15, -0.1) is 0 Å². The van der Waals surface area contributed by atoms with Crippen molar-refractivity contribution in [2.45, 2.75) is 27.7 Å². The van der Waals surface area contributed by atoms with Gasteiger partial charge in [-0.1, -0.05) is 78.4 Å². The number of ketones is 1. The Morgan fingerprint density at radius 2 is 0.761 bits per heavy atom. The van der Waals surface area contributed by atoms with Gasteiger partial charge < -0.3 is 52.1 Å². The summed E-state index contributed by atoms with van der Waals surface area (Å²) in [4.78, 5) is 47.7. The molecule has 0 aliphatic rings. The molecule has 0 heterocycles. The fraction of sp³-hybridized carbons (Fsp3) is 0.346. The van der Waals surface area contributed by atoms with Gasteiger partial charge in [0, 0.05) is 43.0 Å². The van der Waals surface area contributed by atoms with Gasteiger partial charge in [-0.25, -0.2) is 0 Å². The summed E-state index contributed by atoms with van der Waals surface area (Å²) in [5.74, 6) is 0.445. The summed E-state index contributed by atoms with van der Waals surface area (Å²) in [6, 6.07) is 30.8. The van der Waals surface area contributed by atoms with Gasteiger partial charge in [-0.3, -0.25) is 19.2 Å². The molecule has 0 radical (unpaired) electrons. The Bertz CT molecular complexity index is 2340. The summed E-state index contributed by atoms with van der Waals surface area (Å²) in [6.07, 6.45) is 0. The van der Waals surface area contributed by atoms with Crippen molar-refractivity contribution in [3.8, 4) is 62.1 Å². The van der Waals surface area contributed by atoms with E-state index in [1.807, 2.05) is 36.4 Å². The van der Waals surface area contributed by atoms with Crippen molar-refractivity contribution >= 4 is 23.7 Å². The second kappa shape index (κ2) is 26.9. The van der Waals surface area contributed by atoms with E-state index in [2.05, 4.69) is 43.3 Å². The highest BCUT2D eigenvalue weighted by molar-refractivity contribution is 6.10. The molecule has 0 atom stereocenters. The molecule has 0 aliphatic heterocycles. The highest BCUT2D eigenvalue weighted by atomic mass is 16.6. The zero-order valence-corrected chi connectivity index (χ0v) is 38.8. The monoisotopic (exact) mass is 922 g/mol. The number of hydrogen-bond acceptors (Lipinski definition) is 15. The lowest BCUT2D eigenvalue weighted by molar-refractivity contribution is -0.143. The molecule has 0 amide bonds. The molecule has 0 N–H and O–H groups in total. The van der Waals surface area contributed by atoms with Gasteiger partial charge in [-0.05, 0) is 53.4 Å². The summed E-state index contributed by atoms with van der Waals surface area (Å²) in [7, 11) is 3.29. The van der Waals surface area contributed by atoms with Crippen LogP contribution in [-0.2, 0) is 42.8 Å². The molecule has 0 bridgehead atoms. The van der Waals surface area contributed by atoms with Crippen molar-refractivity contribution in [3.63, 3.8) is 0 Å². The summed E-state index contributed by atoms with van der Waals surface area (Å²) in [6.45, 7) is 7.28. The number of carbonyl (C=O) groups is 4. The number of carbonyl (C=O) groups excluding carboxylic acids is 4. The third kappa shape index (κ3) is 16.2. The number of methoxy groups -OCH3 is 2. The van der Waals surface area contributed by atoms with E-state index < -0.39 is 17.9 Å². The first-order chi connectivity index (χ1) is 32.5. The number of hydrogen-bond donors (Lipinski definition) is 0. The molecule has 0 aliphatic carbocycles. The third-order valence-corrected chi connectivity index (χ3v) is 9.88. The summed E-state index contributed by atoms with van der Waals surface area (Å²) < 4.78 is 61.6. The Hall–Kier alpha value is -6.94. The molecule has 0 saturated carbocycles. The van der Waals surface area contributed by atoms with E-state index >= 15 is 0 Å². The van der Waals surface area contributed by atoms with Crippen LogP contribution in [0.3, 0.4) is 0 Å². The van der Waals surface area contributed by atoms with Gasteiger partial charge in [0.15, 0.2) is 17.3 Å². The zero-order chi connectivity index (χ0) is 48.0. The summed E-state index contributed by atoms with van der Waals surface area (Å²) in [5.41, 5.74) is 7.47. The van der Waals surface area contributed by atoms with E-state index in [0.29, 0.717) is 11.3 Å². The molecular weight excluding hydrogens is 865 g/mol. The topological polar surface area (TPSA) is 170 Å². The smallest absolute Gasteiger partial charge is 0.302 e. The maximum atomic E-state index is 14.3. The molecule has 0 saturated heterocycles. The molecule has 356 valence electrons. The Morgan fingerprint density at radius 3 is 1.16 bits per heavy atom. The Kier molecular flexibility index (Phi) is 20.5. The lowest BCUT2D eigenvalue weighted by Gasteiger charge is -2.19. The van der Waals surface area contributed by atoms with Gasteiger partial charge >= 0.3 is 17.9 Å². The number of rotatable bonds is 28. The quantitative estimate of drug-likeness (QED) is 0.0204. The molecule has 0 unspecified atom stereocenters. The lowest BCUT2D eigenvalue weighted by Crippen LogP contribution is -2.16. The average Bonchev–Trinajstić information content (AvgIpc) is 3.32. The number of esters is 3. The first-order valence-electron chi connectivity index (χ1n) is 21.8. The van der Waals surface area contributed by atoms with Gasteiger partial charge in [0.25, 0.3) is 0 Å². The first-order valence-corrected chi connectivity index (χ1v) is 21.8. The maximum Gasteiger partial charge on any atom is 0.302 e. The second-order valence-corrected chi connectivity index (χ2v) is 14.8. The van der Waals surface area contributed by atoms with E-state index in [9.17, 15) is 19.2 Å². The molecule has 67 heavy (non-hydrogen) atoms. The van der Waals surface area contributed by atoms with Crippen LogP contribution in [0.2, 0.25) is 0 Å². The summed E-state index contributed by atoms with van der Waals surface area (Å²) in [5, 5.41) is 0. The van der Waals surface area contributed by atoms with Crippen molar-refractivity contribution in [2.75, 3.05) is 93.5 Å². The van der Waals surface area contributed by atoms with Gasteiger partial charge in [0.2, 0.25) is 5.75 Å². The van der Waals surface area contributed by atoms with Crippen molar-refractivity contribution < 1.29 is 71.3 Å². The fourth-order valence-corrected chi connectivity index (χ4v) is 6.65. The fourth-order valence-electron chi connectivity index (χ4n) is 6.65. The highest BCUT2D eigenvalue weighted by Gasteiger charge is 2.21. The van der Waals surface area contributed by atoms with E-state index in [1.165, 1.54) is 26.3 Å². The van der Waals surface area contributed by atoms with Gasteiger partial charge in [0.05, 0.1) is 53.9 Å². The maximum absolute atomic E-state index is 14.3. The third-order valence-electron chi connectivity index (χ3n) is 9.88. The SMILES string of the molecule is COc1cc(-c2ccc(-c3ccc(C(=O)c4cc(OCCOCCOC(C)=O)c(OCCOCCOC(C)=O)c(OCCOCCOC(C)=O)c4)cc3)c(OC)c2)ccc1-c1ccc(C)cc1. The van der Waals surface area contributed by atoms with Crippen LogP contribution in [0.5, 0.6) is 28.7 Å². The first kappa shape index (κ1) is 51.1. The highest BCUT2D eigenvalue weighted by Crippen LogP contribution is 2.41. The van der Waals surface area contributed by atoms with Crippen LogP contribution < -0.4 is 23.7 Å². The minimum Gasteiger partial charge on any atom is -0.496 e. The largest absolute Gasteiger partial charge is 0.496 e. The van der Waals surface area contributed by atoms with Crippen molar-refractivity contribution in [1.82, 2.24) is 0 Å². The van der Waals surface area contributed by atoms with E-state index in [-0.39, 0.29) is 108 Å². The van der Waals surface area contributed by atoms with Crippen LogP contribution in [0.4, 0.5) is 0 Å². The molecule has 5 rings (SSSR count). The van der Waals surface area contributed by atoms with Crippen molar-refractivity contribution in [2.24, 2.45) is 0 Å². The number of benzene rings is 5. The molecule has 0 spiro atoms. The van der Waals surface area contributed by atoms with Crippen LogP contribution in [0.15, 0.2) is 97.1 Å². The van der Waals surface area contributed by atoms with Crippen LogP contribution in [0.25, 0.3) is 33.4 Å².